The van der Waals surface area contributed by atoms with Gasteiger partial charge >= 0.3 is 0 Å². The molecule has 0 unspecified atom stereocenters. The van der Waals surface area contributed by atoms with Crippen molar-refractivity contribution in [3.05, 3.63) is 45.9 Å². The number of hydrogen-bond acceptors (Lipinski definition) is 6. The van der Waals surface area contributed by atoms with E-state index in [0.717, 1.165) is 5.56 Å². The smallest absolute Gasteiger partial charge is 0.297 e. The Morgan fingerprint density at radius 1 is 1.23 bits per heavy atom. The molecule has 1 N–H and O–H groups in total. The Morgan fingerprint density at radius 2 is 1.86 bits per heavy atom. The van der Waals surface area contributed by atoms with Crippen molar-refractivity contribution in [1.29, 1.82) is 0 Å². The molecule has 2 rings (SSSR count). The van der Waals surface area contributed by atoms with Crippen LogP contribution in [0.2, 0.25) is 0 Å². The van der Waals surface area contributed by atoms with Crippen molar-refractivity contribution < 1.29 is 5.11 Å². The Hall–Kier alpha value is -2.15. The minimum Gasteiger partial charge on any atom is -0.508 e. The molecule has 0 radical (unpaired) electrons. The minimum absolute atomic E-state index is 0.180. The van der Waals surface area contributed by atoms with Gasteiger partial charge in [0.05, 0.1) is 6.21 Å². The van der Waals surface area contributed by atoms with E-state index in [0.29, 0.717) is 10.9 Å². The number of hydrogen-bond donors (Lipinski definition) is 1. The molecule has 0 aliphatic carbocycles. The van der Waals surface area contributed by atoms with E-state index in [-0.39, 0.29) is 11.3 Å². The Morgan fingerprint density at radius 3 is 2.41 bits per heavy atom. The van der Waals surface area contributed by atoms with Crippen molar-refractivity contribution in [2.45, 2.75) is 31.3 Å². The van der Waals surface area contributed by atoms with Crippen LogP contribution in [-0.4, -0.2) is 32.5 Å². The highest BCUT2D eigenvalue weighted by Gasteiger charge is 2.23. The van der Waals surface area contributed by atoms with Crippen LogP contribution in [0.4, 0.5) is 0 Å². The van der Waals surface area contributed by atoms with Crippen LogP contribution < -0.4 is 5.56 Å². The van der Waals surface area contributed by atoms with Crippen LogP contribution in [0.25, 0.3) is 0 Å². The van der Waals surface area contributed by atoms with Gasteiger partial charge in [0.2, 0.25) is 5.16 Å². The number of nitrogens with zero attached hydrogens (tertiary/aromatic N) is 4. The molecule has 1 aromatic carbocycles. The number of benzene rings is 1. The molecule has 0 saturated heterocycles. The van der Waals surface area contributed by atoms with Crippen molar-refractivity contribution in [3.8, 4) is 5.75 Å². The number of aromatic hydroxyl groups is 1. The van der Waals surface area contributed by atoms with E-state index in [9.17, 15) is 9.90 Å². The van der Waals surface area contributed by atoms with E-state index >= 15 is 0 Å². The average Bonchev–Trinajstić information content (AvgIpc) is 2.46. The standard InChI is InChI=1S/C15H18N4O2S/c1-15(2,3)12-13(21)19(14(22-4)18-17-12)16-9-10-5-7-11(20)8-6-10/h5-9,20H,1-4H3/b16-9-. The van der Waals surface area contributed by atoms with Gasteiger partial charge < -0.3 is 5.11 Å². The molecule has 22 heavy (non-hydrogen) atoms. The van der Waals surface area contributed by atoms with Crippen LogP contribution in [0.5, 0.6) is 5.75 Å². The fourth-order valence-electron chi connectivity index (χ4n) is 1.75. The first-order valence-electron chi connectivity index (χ1n) is 6.70. The molecule has 2 aromatic rings. The summed E-state index contributed by atoms with van der Waals surface area (Å²) in [6.07, 6.45) is 3.36. The summed E-state index contributed by atoms with van der Waals surface area (Å²) in [5.74, 6) is 0.180. The molecular weight excluding hydrogens is 300 g/mol. The Bertz CT molecular complexity index is 746. The van der Waals surface area contributed by atoms with Crippen LogP contribution in [0.3, 0.4) is 0 Å². The third-order valence-electron chi connectivity index (χ3n) is 2.92. The lowest BCUT2D eigenvalue weighted by molar-refractivity contribution is 0.475. The zero-order valence-corrected chi connectivity index (χ0v) is 13.8. The highest BCUT2D eigenvalue weighted by molar-refractivity contribution is 7.98. The summed E-state index contributed by atoms with van der Waals surface area (Å²) in [5, 5.41) is 22.0. The summed E-state index contributed by atoms with van der Waals surface area (Å²) in [7, 11) is 0. The summed E-state index contributed by atoms with van der Waals surface area (Å²) in [4.78, 5) is 12.6. The summed E-state index contributed by atoms with van der Waals surface area (Å²) in [5.41, 5.74) is 0.456. The van der Waals surface area contributed by atoms with E-state index in [1.165, 1.54) is 16.4 Å². The Labute approximate surface area is 132 Å². The summed E-state index contributed by atoms with van der Waals surface area (Å²) < 4.78 is 1.26. The van der Waals surface area contributed by atoms with Crippen LogP contribution in [0.1, 0.15) is 32.0 Å². The van der Waals surface area contributed by atoms with Crippen molar-refractivity contribution in [1.82, 2.24) is 14.9 Å². The summed E-state index contributed by atoms with van der Waals surface area (Å²) in [6, 6.07) is 6.54. The van der Waals surface area contributed by atoms with Gasteiger partial charge in [-0.2, -0.15) is 9.78 Å². The maximum Gasteiger partial charge on any atom is 0.297 e. The fraction of sp³-hybridized carbons (Fsp3) is 0.333. The Kier molecular flexibility index (Phi) is 4.65. The van der Waals surface area contributed by atoms with Gasteiger partial charge in [0.1, 0.15) is 11.4 Å². The minimum atomic E-state index is -0.406. The van der Waals surface area contributed by atoms with Crippen molar-refractivity contribution in [3.63, 3.8) is 0 Å². The van der Waals surface area contributed by atoms with E-state index in [2.05, 4.69) is 15.3 Å². The van der Waals surface area contributed by atoms with Gasteiger partial charge in [-0.3, -0.25) is 4.79 Å². The predicted molar refractivity (Wildman–Crippen MR) is 87.9 cm³/mol. The monoisotopic (exact) mass is 318 g/mol. The first-order valence-corrected chi connectivity index (χ1v) is 7.93. The molecule has 0 fully saturated rings. The maximum atomic E-state index is 12.6. The lowest BCUT2D eigenvalue weighted by Crippen LogP contribution is -2.32. The number of phenolic OH excluding ortho intramolecular Hbond substituents is 1. The highest BCUT2D eigenvalue weighted by atomic mass is 32.2. The first-order chi connectivity index (χ1) is 10.3. The van der Waals surface area contributed by atoms with Crippen LogP contribution in [0.15, 0.2) is 39.3 Å². The predicted octanol–water partition coefficient (Wildman–Crippen LogP) is 2.25. The van der Waals surface area contributed by atoms with Gasteiger partial charge in [-0.1, -0.05) is 32.5 Å². The highest BCUT2D eigenvalue weighted by Crippen LogP contribution is 2.17. The molecule has 0 spiro atoms. The average molecular weight is 318 g/mol. The third-order valence-corrected chi connectivity index (χ3v) is 3.54. The van der Waals surface area contributed by atoms with Crippen molar-refractivity contribution in [2.75, 3.05) is 6.26 Å². The number of rotatable bonds is 3. The molecule has 7 heteroatoms. The van der Waals surface area contributed by atoms with Gasteiger partial charge in [-0.05, 0) is 36.1 Å². The van der Waals surface area contributed by atoms with Crippen molar-refractivity contribution in [2.24, 2.45) is 5.10 Å². The van der Waals surface area contributed by atoms with Gasteiger partial charge in [-0.15, -0.1) is 10.2 Å². The second-order valence-corrected chi connectivity index (χ2v) is 6.51. The fourth-order valence-corrected chi connectivity index (χ4v) is 2.18. The zero-order valence-electron chi connectivity index (χ0n) is 12.9. The molecule has 0 bridgehead atoms. The second kappa shape index (κ2) is 6.31. The van der Waals surface area contributed by atoms with Crippen LogP contribution in [-0.2, 0) is 5.41 Å². The van der Waals surface area contributed by atoms with Crippen LogP contribution in [0, 0.1) is 0 Å². The second-order valence-electron chi connectivity index (χ2n) is 5.74. The van der Waals surface area contributed by atoms with E-state index in [1.807, 2.05) is 27.0 Å². The third kappa shape index (κ3) is 3.54. The largest absolute Gasteiger partial charge is 0.508 e. The lowest BCUT2D eigenvalue weighted by Gasteiger charge is -2.16. The van der Waals surface area contributed by atoms with Gasteiger partial charge in [0.25, 0.3) is 5.56 Å². The molecule has 0 saturated carbocycles. The molecule has 6 nitrogen and oxygen atoms in total. The van der Waals surface area contributed by atoms with Crippen molar-refractivity contribution >= 4 is 18.0 Å². The van der Waals surface area contributed by atoms with Gasteiger partial charge in [0.15, 0.2) is 0 Å². The van der Waals surface area contributed by atoms with E-state index in [4.69, 9.17) is 0 Å². The molecular formula is C15H18N4O2S. The lowest BCUT2D eigenvalue weighted by atomic mass is 9.93. The molecule has 0 aliphatic heterocycles. The topological polar surface area (TPSA) is 80.4 Å². The molecule has 0 amide bonds. The molecule has 1 aromatic heterocycles. The molecule has 116 valence electrons. The molecule has 0 aliphatic rings. The van der Waals surface area contributed by atoms with Gasteiger partial charge in [0, 0.05) is 5.41 Å². The Balaban J connectivity index is 2.49. The first kappa shape index (κ1) is 16.2. The SMILES string of the molecule is CSc1nnc(C(C)(C)C)c(=O)n1/N=C\c1ccc(O)cc1. The quantitative estimate of drug-likeness (QED) is 0.693. The zero-order chi connectivity index (χ0) is 16.3. The number of thioether (sulfide) groups is 1. The summed E-state index contributed by atoms with van der Waals surface area (Å²) in [6.45, 7) is 5.72. The number of aromatic nitrogens is 3. The summed E-state index contributed by atoms with van der Waals surface area (Å²) >= 11 is 1.30. The van der Waals surface area contributed by atoms with E-state index < -0.39 is 5.41 Å². The maximum absolute atomic E-state index is 12.6. The van der Waals surface area contributed by atoms with Crippen LogP contribution >= 0.6 is 11.8 Å². The van der Waals surface area contributed by atoms with E-state index in [1.54, 1.807) is 30.5 Å². The molecule has 1 heterocycles. The number of phenols is 1. The van der Waals surface area contributed by atoms with Gasteiger partial charge in [-0.25, -0.2) is 0 Å². The normalized spacial score (nSPS) is 12.0. The molecule has 0 atom stereocenters.